The summed E-state index contributed by atoms with van der Waals surface area (Å²) in [6, 6.07) is 19.8. The van der Waals surface area contributed by atoms with Crippen LogP contribution in [0.4, 0.5) is 5.82 Å². The molecule has 0 aliphatic heterocycles. The van der Waals surface area contributed by atoms with Crippen molar-refractivity contribution in [3.63, 3.8) is 0 Å². The van der Waals surface area contributed by atoms with Gasteiger partial charge in [-0.15, -0.1) is 0 Å². The largest absolute Gasteiger partial charge is 0.383 e. The van der Waals surface area contributed by atoms with Crippen LogP contribution in [0.15, 0.2) is 77.6 Å². The number of aromatic nitrogens is 3. The monoisotopic (exact) mass is 328 g/mol. The van der Waals surface area contributed by atoms with Crippen molar-refractivity contribution in [1.82, 2.24) is 15.1 Å². The van der Waals surface area contributed by atoms with Crippen LogP contribution in [0.2, 0.25) is 0 Å². The minimum atomic E-state index is 0.433. The highest BCUT2D eigenvalue weighted by Crippen LogP contribution is 2.26. The molecular weight excluding hydrogens is 312 g/mol. The number of benzene rings is 1. The summed E-state index contributed by atoms with van der Waals surface area (Å²) in [6.45, 7) is 0. The highest BCUT2D eigenvalue weighted by molar-refractivity contribution is 5.69. The number of hydrogen-bond acceptors (Lipinski definition) is 5. The van der Waals surface area contributed by atoms with Gasteiger partial charge in [0.15, 0.2) is 5.76 Å². The third-order valence-electron chi connectivity index (χ3n) is 3.94. The maximum Gasteiger partial charge on any atom is 0.170 e. The molecule has 0 fully saturated rings. The van der Waals surface area contributed by atoms with Crippen LogP contribution in [0.1, 0.15) is 11.3 Å². The van der Waals surface area contributed by atoms with E-state index in [0.717, 1.165) is 28.1 Å². The first kappa shape index (κ1) is 15.1. The maximum atomic E-state index is 5.89. The number of rotatable bonds is 4. The first-order chi connectivity index (χ1) is 12.3. The summed E-state index contributed by atoms with van der Waals surface area (Å²) in [5.74, 6) is 1.06. The molecule has 0 amide bonds. The Balaban J connectivity index is 1.59. The zero-order chi connectivity index (χ0) is 17.1. The van der Waals surface area contributed by atoms with E-state index in [1.807, 2.05) is 42.5 Å². The lowest BCUT2D eigenvalue weighted by Gasteiger charge is -2.03. The summed E-state index contributed by atoms with van der Waals surface area (Å²) in [7, 11) is 0. The van der Waals surface area contributed by atoms with Crippen molar-refractivity contribution >= 4 is 5.82 Å². The van der Waals surface area contributed by atoms with Crippen molar-refractivity contribution < 1.29 is 4.52 Å². The third kappa shape index (κ3) is 3.26. The van der Waals surface area contributed by atoms with E-state index in [2.05, 4.69) is 33.3 Å². The number of nitrogens with two attached hydrogens (primary N) is 1. The maximum absolute atomic E-state index is 5.89. The van der Waals surface area contributed by atoms with Gasteiger partial charge in [-0.3, -0.25) is 4.98 Å². The summed E-state index contributed by atoms with van der Waals surface area (Å²) < 4.78 is 5.44. The molecule has 0 saturated heterocycles. The molecule has 122 valence electrons. The molecule has 25 heavy (non-hydrogen) atoms. The summed E-state index contributed by atoms with van der Waals surface area (Å²) in [5, 5.41) is 4.16. The van der Waals surface area contributed by atoms with Crippen LogP contribution >= 0.6 is 0 Å². The van der Waals surface area contributed by atoms with Crippen LogP contribution in [0.25, 0.3) is 22.6 Å². The predicted molar refractivity (Wildman–Crippen MR) is 96.6 cm³/mol. The van der Waals surface area contributed by atoms with Gasteiger partial charge in [-0.2, -0.15) is 0 Å². The van der Waals surface area contributed by atoms with E-state index >= 15 is 0 Å². The van der Waals surface area contributed by atoms with E-state index in [1.54, 1.807) is 12.4 Å². The molecule has 0 spiro atoms. The summed E-state index contributed by atoms with van der Waals surface area (Å²) >= 11 is 0. The van der Waals surface area contributed by atoms with E-state index in [-0.39, 0.29) is 0 Å². The first-order valence-corrected chi connectivity index (χ1v) is 7.96. The fraction of sp³-hybridized carbons (Fsp3) is 0.0500. The van der Waals surface area contributed by atoms with Gasteiger partial charge in [-0.25, -0.2) is 4.98 Å². The van der Waals surface area contributed by atoms with Crippen LogP contribution in [0, 0.1) is 0 Å². The molecule has 0 unspecified atom stereocenters. The Morgan fingerprint density at radius 3 is 2.64 bits per heavy atom. The topological polar surface area (TPSA) is 77.8 Å². The molecule has 4 aromatic rings. The molecule has 3 aromatic heterocycles. The molecule has 0 saturated carbocycles. The molecule has 4 rings (SSSR count). The average Bonchev–Trinajstić information content (AvgIpc) is 3.11. The molecule has 0 bridgehead atoms. The summed E-state index contributed by atoms with van der Waals surface area (Å²) in [5.41, 5.74) is 10.7. The zero-order valence-electron chi connectivity index (χ0n) is 13.5. The Bertz CT molecular complexity index is 995. The fourth-order valence-electron chi connectivity index (χ4n) is 2.73. The van der Waals surface area contributed by atoms with E-state index < -0.39 is 0 Å². The lowest BCUT2D eigenvalue weighted by atomic mass is 10.0. The van der Waals surface area contributed by atoms with Crippen molar-refractivity contribution in [2.45, 2.75) is 6.42 Å². The van der Waals surface area contributed by atoms with Crippen LogP contribution < -0.4 is 5.73 Å². The highest BCUT2D eigenvalue weighted by atomic mass is 16.5. The Kier molecular flexibility index (Phi) is 3.96. The molecule has 5 nitrogen and oxygen atoms in total. The predicted octanol–water partition coefficient (Wildman–Crippen LogP) is 3.97. The molecule has 5 heteroatoms. The number of hydrogen-bond donors (Lipinski definition) is 1. The van der Waals surface area contributed by atoms with Crippen molar-refractivity contribution in [2.75, 3.05) is 5.73 Å². The smallest absolute Gasteiger partial charge is 0.170 e. The summed E-state index contributed by atoms with van der Waals surface area (Å²) in [6.07, 6.45) is 4.12. The van der Waals surface area contributed by atoms with Crippen molar-refractivity contribution in [3.8, 4) is 22.6 Å². The SMILES string of the molecule is Nc1ncccc1-c1cc(Cc2cccc(-c3ccccn3)c2)no1. The lowest BCUT2D eigenvalue weighted by molar-refractivity contribution is 0.425. The Labute approximate surface area is 145 Å². The molecule has 2 N–H and O–H groups in total. The zero-order valence-corrected chi connectivity index (χ0v) is 13.5. The molecule has 0 atom stereocenters. The van der Waals surface area contributed by atoms with Gasteiger partial charge in [-0.05, 0) is 35.9 Å². The first-order valence-electron chi connectivity index (χ1n) is 7.96. The van der Waals surface area contributed by atoms with Gasteiger partial charge in [0, 0.05) is 30.4 Å². The van der Waals surface area contributed by atoms with Crippen molar-refractivity contribution in [3.05, 3.63) is 84.3 Å². The Hall–Kier alpha value is -3.47. The van der Waals surface area contributed by atoms with Gasteiger partial charge in [0.1, 0.15) is 5.82 Å². The second-order valence-electron chi connectivity index (χ2n) is 5.71. The number of nitrogens with zero attached hydrogens (tertiary/aromatic N) is 3. The van der Waals surface area contributed by atoms with Crippen LogP contribution in [0.5, 0.6) is 0 Å². The van der Waals surface area contributed by atoms with Crippen LogP contribution in [0.3, 0.4) is 0 Å². The highest BCUT2D eigenvalue weighted by Gasteiger charge is 2.11. The van der Waals surface area contributed by atoms with E-state index in [1.165, 1.54) is 0 Å². The Morgan fingerprint density at radius 1 is 0.880 bits per heavy atom. The molecule has 1 aromatic carbocycles. The fourth-order valence-corrected chi connectivity index (χ4v) is 2.73. The van der Waals surface area contributed by atoms with Gasteiger partial charge in [0.2, 0.25) is 0 Å². The Morgan fingerprint density at radius 2 is 1.80 bits per heavy atom. The molecule has 0 aliphatic rings. The quantitative estimate of drug-likeness (QED) is 0.613. The average molecular weight is 328 g/mol. The second-order valence-corrected chi connectivity index (χ2v) is 5.71. The van der Waals surface area contributed by atoms with Gasteiger partial charge >= 0.3 is 0 Å². The van der Waals surface area contributed by atoms with Gasteiger partial charge < -0.3 is 10.3 Å². The number of nitrogen functional groups attached to an aromatic ring is 1. The van der Waals surface area contributed by atoms with E-state index in [9.17, 15) is 0 Å². The second kappa shape index (κ2) is 6.57. The van der Waals surface area contributed by atoms with Crippen molar-refractivity contribution in [1.29, 1.82) is 0 Å². The standard InChI is InChI=1S/C20H16N4O/c21-20-17(7-4-10-23-20)19-13-16(24-25-19)12-14-5-3-6-15(11-14)18-8-1-2-9-22-18/h1-11,13H,12H2,(H2,21,23). The minimum absolute atomic E-state index is 0.433. The van der Waals surface area contributed by atoms with E-state index in [0.29, 0.717) is 18.0 Å². The normalized spacial score (nSPS) is 10.7. The number of pyridine rings is 2. The van der Waals surface area contributed by atoms with Gasteiger partial charge in [-0.1, -0.05) is 29.4 Å². The molecule has 0 aliphatic carbocycles. The van der Waals surface area contributed by atoms with Gasteiger partial charge in [0.25, 0.3) is 0 Å². The van der Waals surface area contributed by atoms with Crippen LogP contribution in [-0.4, -0.2) is 15.1 Å². The van der Waals surface area contributed by atoms with Crippen LogP contribution in [-0.2, 0) is 6.42 Å². The molecule has 3 heterocycles. The number of anilines is 1. The van der Waals surface area contributed by atoms with Crippen molar-refractivity contribution in [2.24, 2.45) is 0 Å². The molecule has 0 radical (unpaired) electrons. The van der Waals surface area contributed by atoms with Gasteiger partial charge in [0.05, 0.1) is 17.0 Å². The molecular formula is C20H16N4O. The third-order valence-corrected chi connectivity index (χ3v) is 3.94. The lowest BCUT2D eigenvalue weighted by Crippen LogP contribution is -1.92. The summed E-state index contributed by atoms with van der Waals surface area (Å²) in [4.78, 5) is 8.47. The van der Waals surface area contributed by atoms with E-state index in [4.69, 9.17) is 10.3 Å². The minimum Gasteiger partial charge on any atom is -0.383 e.